The number of aromatic nitrogens is 3. The lowest BCUT2D eigenvalue weighted by Gasteiger charge is -2.37. The van der Waals surface area contributed by atoms with Gasteiger partial charge in [-0.05, 0) is 144 Å². The Morgan fingerprint density at radius 3 is 2.24 bits per heavy atom. The fourth-order valence-electron chi connectivity index (χ4n) is 10.7. The minimum absolute atomic E-state index is 0.0361. The van der Waals surface area contributed by atoms with Crippen LogP contribution in [0.5, 0.6) is 5.75 Å². The van der Waals surface area contributed by atoms with Crippen LogP contribution in [-0.2, 0) is 46.3 Å². The fourth-order valence-corrected chi connectivity index (χ4v) is 10.7. The first-order valence-corrected chi connectivity index (χ1v) is 27.9. The average Bonchev–Trinajstić information content (AvgIpc) is 4.05. The Morgan fingerprint density at radius 2 is 1.51 bits per heavy atom. The van der Waals surface area contributed by atoms with Crippen LogP contribution in [0.4, 0.5) is 11.5 Å². The summed E-state index contributed by atoms with van der Waals surface area (Å²) in [6.45, 7) is 10.7. The number of carbonyl (C=O) groups is 6. The standard InChI is InChI=1S/C59H81N9O8/c1-44-36-45(2)68(63-44)52-38-48(37-51(40-52)65-31-33-66(34-32-65)56(72)21-14-20-55(71)61-28-12-7-10-19-54(70)60-27-11-4-5-13-35-69)49(39-58(74)75-3)42-64-30-26-46(41-64)22-24-50-25-23-47-16-15-29-67(59(47)62-50)57(73)43-76-53-17-8-6-9-18-53/h6,8-9,17-18,23,25,35-38,40,46,49H,4-5,7,10-16,19-22,24,26-34,39,41-43H2,1-3H3,(H,60,70)(H,61,71). The van der Waals surface area contributed by atoms with Gasteiger partial charge >= 0.3 is 5.97 Å². The van der Waals surface area contributed by atoms with E-state index in [9.17, 15) is 28.8 Å². The van der Waals surface area contributed by atoms with Gasteiger partial charge in [0.15, 0.2) is 6.61 Å². The Morgan fingerprint density at radius 1 is 0.776 bits per heavy atom. The molecule has 17 nitrogen and oxygen atoms in total. The topological polar surface area (TPSA) is 189 Å². The minimum Gasteiger partial charge on any atom is -0.484 e. The van der Waals surface area contributed by atoms with Crippen LogP contribution >= 0.6 is 0 Å². The van der Waals surface area contributed by atoms with Crippen LogP contribution in [0.25, 0.3) is 5.69 Å². The number of rotatable bonds is 29. The molecule has 0 saturated carbocycles. The number of amides is 4. The van der Waals surface area contributed by atoms with E-state index in [1.165, 1.54) is 7.11 Å². The summed E-state index contributed by atoms with van der Waals surface area (Å²) in [5.74, 6) is 1.42. The molecule has 3 aliphatic heterocycles. The number of unbranched alkanes of at least 4 members (excludes halogenated alkanes) is 5. The Hall–Kier alpha value is -6.62. The number of piperazine rings is 1. The van der Waals surface area contributed by atoms with E-state index in [0.717, 1.165) is 135 Å². The zero-order chi connectivity index (χ0) is 53.7. The predicted octanol–water partition coefficient (Wildman–Crippen LogP) is 7.21. The predicted molar refractivity (Wildman–Crippen MR) is 294 cm³/mol. The number of anilines is 2. The van der Waals surface area contributed by atoms with E-state index < -0.39 is 0 Å². The van der Waals surface area contributed by atoms with Crippen LogP contribution in [0, 0.1) is 19.8 Å². The maximum absolute atomic E-state index is 13.4. The van der Waals surface area contributed by atoms with Gasteiger partial charge in [-0.25, -0.2) is 9.67 Å². The SMILES string of the molecule is COC(=O)CC(CN1CCC(CCc2ccc3c(n2)N(C(=O)COc2ccccc2)CCC3)C1)c1cc(N2CCN(C(=O)CCCC(=O)NCCCCCC(=O)NCCCCCC=O)CC2)cc(-n2nc(C)cc2C)c1. The first-order valence-electron chi connectivity index (χ1n) is 27.9. The van der Waals surface area contributed by atoms with Gasteiger partial charge in [0, 0.05) is 108 Å². The van der Waals surface area contributed by atoms with Crippen molar-refractivity contribution < 1.29 is 38.2 Å². The molecule has 410 valence electrons. The molecule has 0 bridgehead atoms. The van der Waals surface area contributed by atoms with Crippen LogP contribution < -0.4 is 25.2 Å². The monoisotopic (exact) mass is 1040 g/mol. The number of aldehydes is 1. The summed E-state index contributed by atoms with van der Waals surface area (Å²) in [4.78, 5) is 88.5. The van der Waals surface area contributed by atoms with E-state index in [4.69, 9.17) is 19.6 Å². The number of aryl methyl sites for hydroxylation is 4. The molecule has 2 aromatic heterocycles. The van der Waals surface area contributed by atoms with Gasteiger partial charge < -0.3 is 39.6 Å². The third kappa shape index (κ3) is 17.5. The molecular formula is C59H81N9O8. The highest BCUT2D eigenvalue weighted by molar-refractivity contribution is 5.94. The number of pyridine rings is 1. The molecule has 2 saturated heterocycles. The van der Waals surface area contributed by atoms with Gasteiger partial charge in [-0.3, -0.25) is 28.9 Å². The molecule has 5 heterocycles. The van der Waals surface area contributed by atoms with Crippen molar-refractivity contribution in [1.29, 1.82) is 0 Å². The van der Waals surface area contributed by atoms with Gasteiger partial charge in [0.1, 0.15) is 17.9 Å². The third-order valence-corrected chi connectivity index (χ3v) is 15.0. The largest absolute Gasteiger partial charge is 0.484 e. The van der Waals surface area contributed by atoms with Crippen LogP contribution in [0.3, 0.4) is 0 Å². The number of hydrogen-bond donors (Lipinski definition) is 2. The molecule has 0 radical (unpaired) electrons. The van der Waals surface area contributed by atoms with Gasteiger partial charge in [0.05, 0.1) is 24.9 Å². The fraction of sp³-hybridized carbons (Fsp3) is 0.559. The van der Waals surface area contributed by atoms with E-state index in [1.54, 1.807) is 4.90 Å². The van der Waals surface area contributed by atoms with Crippen LogP contribution in [0.1, 0.15) is 130 Å². The molecule has 2 aromatic carbocycles. The summed E-state index contributed by atoms with van der Waals surface area (Å²) in [5.41, 5.74) is 6.97. The van der Waals surface area contributed by atoms with Crippen molar-refractivity contribution in [3.05, 3.63) is 94.9 Å². The van der Waals surface area contributed by atoms with Crippen molar-refractivity contribution in [2.75, 3.05) is 89.0 Å². The molecule has 2 N–H and O–H groups in total. The van der Waals surface area contributed by atoms with Gasteiger partial charge in [0.25, 0.3) is 5.91 Å². The minimum atomic E-state index is -0.259. The second-order valence-corrected chi connectivity index (χ2v) is 20.8. The van der Waals surface area contributed by atoms with Gasteiger partial charge in [0.2, 0.25) is 17.7 Å². The second-order valence-electron chi connectivity index (χ2n) is 20.8. The quantitative estimate of drug-likeness (QED) is 0.0317. The smallest absolute Gasteiger partial charge is 0.306 e. The summed E-state index contributed by atoms with van der Waals surface area (Å²) < 4.78 is 13.1. The van der Waals surface area contributed by atoms with Gasteiger partial charge in [-0.1, -0.05) is 37.1 Å². The molecule has 2 unspecified atom stereocenters. The number of nitrogens with zero attached hydrogens (tertiary/aromatic N) is 7. The number of fused-ring (bicyclic) bond motifs is 1. The highest BCUT2D eigenvalue weighted by atomic mass is 16.5. The molecule has 3 aliphatic rings. The zero-order valence-corrected chi connectivity index (χ0v) is 45.3. The Bertz CT molecular complexity index is 2540. The first-order chi connectivity index (χ1) is 37.0. The number of likely N-dealkylation sites (tertiary alicyclic amines) is 1. The highest BCUT2D eigenvalue weighted by Crippen LogP contribution is 2.33. The summed E-state index contributed by atoms with van der Waals surface area (Å²) in [6.07, 6.45) is 12.9. The normalized spacial score (nSPS) is 16.0. The summed E-state index contributed by atoms with van der Waals surface area (Å²) in [6, 6.07) is 22.2. The molecule has 4 amide bonds. The molecule has 2 atom stereocenters. The van der Waals surface area contributed by atoms with E-state index in [2.05, 4.69) is 56.8 Å². The Labute approximate surface area is 449 Å². The van der Waals surface area contributed by atoms with Gasteiger partial charge in [-0.15, -0.1) is 0 Å². The van der Waals surface area contributed by atoms with E-state index >= 15 is 0 Å². The van der Waals surface area contributed by atoms with Crippen LogP contribution in [0.2, 0.25) is 0 Å². The van der Waals surface area contributed by atoms with E-state index in [0.29, 0.717) is 89.7 Å². The molecule has 0 aliphatic carbocycles. The maximum atomic E-state index is 13.4. The molecule has 4 aromatic rings. The molecular weight excluding hydrogens is 963 g/mol. The number of nitrogens with one attached hydrogen (secondary N) is 2. The van der Waals surface area contributed by atoms with Crippen LogP contribution in [-0.4, -0.2) is 140 Å². The maximum Gasteiger partial charge on any atom is 0.306 e. The average molecular weight is 1040 g/mol. The summed E-state index contributed by atoms with van der Waals surface area (Å²) >= 11 is 0. The number of esters is 1. The number of hydrogen-bond acceptors (Lipinski definition) is 12. The summed E-state index contributed by atoms with van der Waals surface area (Å²) in [7, 11) is 1.44. The molecule has 17 heteroatoms. The number of ether oxygens (including phenoxy) is 2. The lowest BCUT2D eigenvalue weighted by atomic mass is 9.93. The number of methoxy groups -OCH3 is 1. The first kappa shape index (κ1) is 57.1. The van der Waals surface area contributed by atoms with Crippen LogP contribution in [0.15, 0.2) is 66.7 Å². The van der Waals surface area contributed by atoms with Gasteiger partial charge in [-0.2, -0.15) is 5.10 Å². The molecule has 7 rings (SSSR count). The number of para-hydroxylation sites is 1. The van der Waals surface area contributed by atoms with E-state index in [1.807, 2.05) is 53.8 Å². The van der Waals surface area contributed by atoms with Crippen molar-refractivity contribution >= 4 is 47.4 Å². The molecule has 76 heavy (non-hydrogen) atoms. The number of benzene rings is 2. The van der Waals surface area contributed by atoms with E-state index in [-0.39, 0.29) is 55.0 Å². The molecule has 0 spiro atoms. The number of carbonyl (C=O) groups excluding carboxylic acids is 6. The zero-order valence-electron chi connectivity index (χ0n) is 45.3. The molecule has 2 fully saturated rings. The van der Waals surface area contributed by atoms with Crippen molar-refractivity contribution in [2.24, 2.45) is 5.92 Å². The lowest BCUT2D eigenvalue weighted by Crippen LogP contribution is -2.48. The Kier molecular flexibility index (Phi) is 22.2. The van der Waals surface area contributed by atoms with Crippen molar-refractivity contribution in [1.82, 2.24) is 35.2 Å². The lowest BCUT2D eigenvalue weighted by molar-refractivity contribution is -0.141. The highest BCUT2D eigenvalue weighted by Gasteiger charge is 2.30. The van der Waals surface area contributed by atoms with Crippen molar-refractivity contribution in [2.45, 2.75) is 129 Å². The summed E-state index contributed by atoms with van der Waals surface area (Å²) in [5, 5.41) is 10.7. The Balaban J connectivity index is 0.892. The van der Waals surface area contributed by atoms with Crippen molar-refractivity contribution in [3.63, 3.8) is 0 Å². The third-order valence-electron chi connectivity index (χ3n) is 15.0. The second kappa shape index (κ2) is 29.6. The van der Waals surface area contributed by atoms with Crippen molar-refractivity contribution in [3.8, 4) is 11.4 Å².